The molecule has 0 amide bonds. The van der Waals surface area contributed by atoms with E-state index in [0.717, 1.165) is 42.7 Å². The third-order valence-corrected chi connectivity index (χ3v) is 6.55. The van der Waals surface area contributed by atoms with E-state index in [-0.39, 0.29) is 0 Å². The standard InChI is InChI=1S/C17H29NO/c1-11(2)3-16-9-18-17(10-19-16)14-5-12-4-13(7-14)8-15(17)6-12/h11-16,18H,3-10H2,1-2H3. The molecule has 1 spiro atoms. The molecular weight excluding hydrogens is 234 g/mol. The Morgan fingerprint density at radius 2 is 1.68 bits per heavy atom. The summed E-state index contributed by atoms with van der Waals surface area (Å²) in [7, 11) is 0. The van der Waals surface area contributed by atoms with Gasteiger partial charge in [0.05, 0.1) is 12.7 Å². The molecule has 5 aliphatic rings. The molecule has 1 saturated heterocycles. The van der Waals surface area contributed by atoms with Crippen LogP contribution in [0.5, 0.6) is 0 Å². The smallest absolute Gasteiger partial charge is 0.0703 e. The minimum atomic E-state index is 0.376. The maximum absolute atomic E-state index is 6.31. The highest BCUT2D eigenvalue weighted by atomic mass is 16.5. The maximum atomic E-state index is 6.31. The Hall–Kier alpha value is -0.0800. The molecule has 4 bridgehead atoms. The summed E-state index contributed by atoms with van der Waals surface area (Å²) in [6.45, 7) is 6.70. The topological polar surface area (TPSA) is 21.3 Å². The Morgan fingerprint density at radius 1 is 1.05 bits per heavy atom. The molecule has 4 aliphatic carbocycles. The Kier molecular flexibility index (Phi) is 2.97. The summed E-state index contributed by atoms with van der Waals surface area (Å²) in [5.74, 6) is 4.71. The second-order valence-corrected chi connectivity index (χ2v) is 8.29. The highest BCUT2D eigenvalue weighted by molar-refractivity contribution is 5.12. The second-order valence-electron chi connectivity index (χ2n) is 8.29. The zero-order valence-corrected chi connectivity index (χ0v) is 12.5. The number of hydrogen-bond acceptors (Lipinski definition) is 2. The average Bonchev–Trinajstić information content (AvgIpc) is 2.36. The maximum Gasteiger partial charge on any atom is 0.0703 e. The van der Waals surface area contributed by atoms with Gasteiger partial charge in [-0.2, -0.15) is 0 Å². The first-order valence-corrected chi connectivity index (χ1v) is 8.52. The van der Waals surface area contributed by atoms with E-state index < -0.39 is 0 Å². The SMILES string of the molecule is CC(C)CC1CNC2(CO1)C1CC3CC(C1)CC2C3. The Balaban J connectivity index is 1.47. The third-order valence-electron chi connectivity index (χ3n) is 6.55. The molecule has 1 atom stereocenters. The van der Waals surface area contributed by atoms with Crippen molar-refractivity contribution in [1.82, 2.24) is 5.32 Å². The molecule has 5 fully saturated rings. The Labute approximate surface area is 117 Å². The van der Waals surface area contributed by atoms with E-state index >= 15 is 0 Å². The molecule has 1 heterocycles. The number of nitrogens with one attached hydrogen (secondary N) is 1. The summed E-state index contributed by atoms with van der Waals surface area (Å²) in [4.78, 5) is 0. The van der Waals surface area contributed by atoms with Gasteiger partial charge in [-0.1, -0.05) is 13.8 Å². The van der Waals surface area contributed by atoms with Crippen LogP contribution in [-0.4, -0.2) is 24.8 Å². The van der Waals surface area contributed by atoms with Crippen LogP contribution in [0.1, 0.15) is 52.4 Å². The van der Waals surface area contributed by atoms with Crippen LogP contribution in [0.2, 0.25) is 0 Å². The van der Waals surface area contributed by atoms with Crippen molar-refractivity contribution in [3.05, 3.63) is 0 Å². The van der Waals surface area contributed by atoms with E-state index in [9.17, 15) is 0 Å². The molecule has 0 aromatic rings. The van der Waals surface area contributed by atoms with Gasteiger partial charge in [0.15, 0.2) is 0 Å². The van der Waals surface area contributed by atoms with Gasteiger partial charge in [0.1, 0.15) is 0 Å². The first-order valence-electron chi connectivity index (χ1n) is 8.52. The minimum absolute atomic E-state index is 0.376. The zero-order valence-electron chi connectivity index (χ0n) is 12.5. The van der Waals surface area contributed by atoms with Crippen molar-refractivity contribution in [3.63, 3.8) is 0 Å². The highest BCUT2D eigenvalue weighted by Gasteiger charge is 2.58. The summed E-state index contributed by atoms with van der Waals surface area (Å²) in [6.07, 6.45) is 9.15. The third kappa shape index (κ3) is 1.98. The Bertz CT molecular complexity index is 313. The van der Waals surface area contributed by atoms with Crippen molar-refractivity contribution >= 4 is 0 Å². The van der Waals surface area contributed by atoms with Crippen LogP contribution in [0, 0.1) is 29.6 Å². The van der Waals surface area contributed by atoms with Gasteiger partial charge in [-0.3, -0.25) is 0 Å². The zero-order chi connectivity index (χ0) is 13.0. The normalized spacial score (nSPS) is 52.3. The first-order chi connectivity index (χ1) is 9.15. The molecule has 1 aliphatic heterocycles. The van der Waals surface area contributed by atoms with Crippen LogP contribution in [0.15, 0.2) is 0 Å². The van der Waals surface area contributed by atoms with Crippen molar-refractivity contribution in [2.24, 2.45) is 29.6 Å². The van der Waals surface area contributed by atoms with Crippen molar-refractivity contribution in [1.29, 1.82) is 0 Å². The van der Waals surface area contributed by atoms with Gasteiger partial charge >= 0.3 is 0 Å². The van der Waals surface area contributed by atoms with Crippen molar-refractivity contribution < 1.29 is 4.74 Å². The van der Waals surface area contributed by atoms with Gasteiger partial charge in [-0.25, -0.2) is 0 Å². The number of hydrogen-bond donors (Lipinski definition) is 1. The van der Waals surface area contributed by atoms with Crippen LogP contribution in [0.4, 0.5) is 0 Å². The van der Waals surface area contributed by atoms with Gasteiger partial charge in [0, 0.05) is 12.1 Å². The van der Waals surface area contributed by atoms with Crippen molar-refractivity contribution in [2.45, 2.75) is 64.0 Å². The van der Waals surface area contributed by atoms with Crippen LogP contribution in [0.3, 0.4) is 0 Å². The lowest BCUT2D eigenvalue weighted by Crippen LogP contribution is -2.70. The summed E-state index contributed by atoms with van der Waals surface area (Å²) in [5, 5.41) is 4.01. The van der Waals surface area contributed by atoms with Crippen LogP contribution < -0.4 is 5.32 Å². The molecule has 0 aromatic heterocycles. The summed E-state index contributed by atoms with van der Waals surface area (Å²) < 4.78 is 6.31. The predicted molar refractivity (Wildman–Crippen MR) is 77.0 cm³/mol. The van der Waals surface area contributed by atoms with Crippen LogP contribution >= 0.6 is 0 Å². The van der Waals surface area contributed by atoms with E-state index in [1.165, 1.54) is 32.1 Å². The number of ether oxygens (including phenoxy) is 1. The quantitative estimate of drug-likeness (QED) is 0.826. The van der Waals surface area contributed by atoms with Crippen molar-refractivity contribution in [3.8, 4) is 0 Å². The first kappa shape index (κ1) is 12.6. The summed E-state index contributed by atoms with van der Waals surface area (Å²) in [5.41, 5.74) is 0.376. The van der Waals surface area contributed by atoms with E-state index in [0.29, 0.717) is 11.6 Å². The van der Waals surface area contributed by atoms with E-state index in [1.54, 1.807) is 6.42 Å². The van der Waals surface area contributed by atoms with Gasteiger partial charge in [-0.05, 0) is 68.1 Å². The molecule has 5 rings (SSSR count). The van der Waals surface area contributed by atoms with E-state index in [1.807, 2.05) is 0 Å². The predicted octanol–water partition coefficient (Wildman–Crippen LogP) is 3.22. The van der Waals surface area contributed by atoms with Gasteiger partial charge < -0.3 is 10.1 Å². The fourth-order valence-corrected chi connectivity index (χ4v) is 5.90. The largest absolute Gasteiger partial charge is 0.375 e. The van der Waals surface area contributed by atoms with Gasteiger partial charge in [-0.15, -0.1) is 0 Å². The molecule has 108 valence electrons. The molecule has 2 heteroatoms. The molecule has 0 radical (unpaired) electrons. The summed E-state index contributed by atoms with van der Waals surface area (Å²) >= 11 is 0. The Morgan fingerprint density at radius 3 is 2.16 bits per heavy atom. The molecule has 2 nitrogen and oxygen atoms in total. The average molecular weight is 263 g/mol. The minimum Gasteiger partial charge on any atom is -0.375 e. The molecule has 19 heavy (non-hydrogen) atoms. The molecule has 1 unspecified atom stereocenters. The molecular formula is C17H29NO. The fraction of sp³-hybridized carbons (Fsp3) is 1.00. The van der Waals surface area contributed by atoms with Crippen molar-refractivity contribution in [2.75, 3.05) is 13.2 Å². The molecule has 4 saturated carbocycles. The second kappa shape index (κ2) is 4.46. The highest BCUT2D eigenvalue weighted by Crippen LogP contribution is 2.58. The fourth-order valence-electron chi connectivity index (χ4n) is 5.90. The van der Waals surface area contributed by atoms with E-state index in [2.05, 4.69) is 19.2 Å². The van der Waals surface area contributed by atoms with Crippen LogP contribution in [0.25, 0.3) is 0 Å². The summed E-state index contributed by atoms with van der Waals surface area (Å²) in [6, 6.07) is 0. The van der Waals surface area contributed by atoms with E-state index in [4.69, 9.17) is 4.74 Å². The number of rotatable bonds is 2. The van der Waals surface area contributed by atoms with Gasteiger partial charge in [0.2, 0.25) is 0 Å². The lowest BCUT2D eigenvalue weighted by atomic mass is 9.48. The lowest BCUT2D eigenvalue weighted by molar-refractivity contribution is -0.148. The molecule has 1 N–H and O–H groups in total. The molecule has 0 aromatic carbocycles. The monoisotopic (exact) mass is 263 g/mol. The van der Waals surface area contributed by atoms with Gasteiger partial charge in [0.25, 0.3) is 0 Å². The lowest BCUT2D eigenvalue weighted by Gasteiger charge is -2.63. The van der Waals surface area contributed by atoms with Crippen LogP contribution in [-0.2, 0) is 4.74 Å². The number of morpholine rings is 1.